The summed E-state index contributed by atoms with van der Waals surface area (Å²) in [5.41, 5.74) is 1.03. The topological polar surface area (TPSA) is 67.8 Å². The molecule has 1 aromatic carbocycles. The maximum absolute atomic E-state index is 5.48. The second-order valence-corrected chi connectivity index (χ2v) is 7.68. The van der Waals surface area contributed by atoms with E-state index in [0.717, 1.165) is 24.6 Å². The molecule has 0 aliphatic heterocycles. The Labute approximate surface area is 172 Å². The van der Waals surface area contributed by atoms with Gasteiger partial charge in [0, 0.05) is 42.6 Å². The van der Waals surface area contributed by atoms with Crippen LogP contribution in [0.4, 0.5) is 0 Å². The summed E-state index contributed by atoms with van der Waals surface area (Å²) in [5.74, 6) is 1.41. The molecule has 0 bridgehead atoms. The van der Waals surface area contributed by atoms with Gasteiger partial charge in [0.15, 0.2) is 5.96 Å². The highest BCUT2D eigenvalue weighted by Gasteiger charge is 2.06. The van der Waals surface area contributed by atoms with E-state index in [2.05, 4.69) is 58.7 Å². The maximum Gasteiger partial charge on any atom is 0.213 e. The highest BCUT2D eigenvalue weighted by molar-refractivity contribution is 8.00. The van der Waals surface area contributed by atoms with Gasteiger partial charge in [-0.1, -0.05) is 31.2 Å². The summed E-state index contributed by atoms with van der Waals surface area (Å²) < 4.78 is 10.4. The Bertz CT molecular complexity index is 695. The first-order valence-electron chi connectivity index (χ1n) is 9.51. The van der Waals surface area contributed by atoms with Gasteiger partial charge in [-0.25, -0.2) is 9.98 Å². The SMILES string of the molecule is CCNC(=NCc1ccc(OCCOC)nc1)NCC(C)Sc1ccccc1. The second kappa shape index (κ2) is 13.0. The number of guanidine groups is 1. The van der Waals surface area contributed by atoms with Gasteiger partial charge in [0.25, 0.3) is 0 Å². The fraction of sp³-hybridized carbons (Fsp3) is 0.429. The van der Waals surface area contributed by atoms with Crippen molar-refractivity contribution in [2.24, 2.45) is 4.99 Å². The molecule has 0 radical (unpaired) electrons. The van der Waals surface area contributed by atoms with Crippen molar-refractivity contribution in [2.45, 2.75) is 30.5 Å². The van der Waals surface area contributed by atoms with E-state index in [4.69, 9.17) is 9.47 Å². The zero-order valence-electron chi connectivity index (χ0n) is 16.9. The molecule has 0 saturated heterocycles. The normalized spacial score (nSPS) is 12.5. The largest absolute Gasteiger partial charge is 0.475 e. The molecular formula is C21H30N4O2S. The van der Waals surface area contributed by atoms with E-state index >= 15 is 0 Å². The highest BCUT2D eigenvalue weighted by Crippen LogP contribution is 2.21. The van der Waals surface area contributed by atoms with Gasteiger partial charge < -0.3 is 20.1 Å². The van der Waals surface area contributed by atoms with Crippen LogP contribution in [0.5, 0.6) is 5.88 Å². The number of nitrogens with zero attached hydrogens (tertiary/aromatic N) is 2. The van der Waals surface area contributed by atoms with Crippen LogP contribution in [0, 0.1) is 0 Å². The number of benzene rings is 1. The third-order valence-corrected chi connectivity index (χ3v) is 4.85. The lowest BCUT2D eigenvalue weighted by Crippen LogP contribution is -2.40. The number of hydrogen-bond donors (Lipinski definition) is 2. The van der Waals surface area contributed by atoms with Crippen molar-refractivity contribution in [3.63, 3.8) is 0 Å². The summed E-state index contributed by atoms with van der Waals surface area (Å²) in [6.07, 6.45) is 1.79. The lowest BCUT2D eigenvalue weighted by molar-refractivity contribution is 0.143. The summed E-state index contributed by atoms with van der Waals surface area (Å²) in [7, 11) is 1.65. The van der Waals surface area contributed by atoms with Crippen LogP contribution in [0.15, 0.2) is 58.5 Å². The molecule has 1 heterocycles. The minimum atomic E-state index is 0.427. The molecule has 2 N–H and O–H groups in total. The Hall–Kier alpha value is -2.25. The van der Waals surface area contributed by atoms with Crippen molar-refractivity contribution in [1.29, 1.82) is 0 Å². The molecule has 1 unspecified atom stereocenters. The summed E-state index contributed by atoms with van der Waals surface area (Å²) in [6.45, 7) is 7.52. The minimum absolute atomic E-state index is 0.427. The average molecular weight is 403 g/mol. The highest BCUT2D eigenvalue weighted by atomic mass is 32.2. The number of aromatic nitrogens is 1. The van der Waals surface area contributed by atoms with Gasteiger partial charge in [0.05, 0.1) is 13.2 Å². The average Bonchev–Trinajstić information content (AvgIpc) is 2.72. The molecular weight excluding hydrogens is 372 g/mol. The first-order valence-corrected chi connectivity index (χ1v) is 10.4. The van der Waals surface area contributed by atoms with Crippen LogP contribution in [-0.4, -0.2) is 49.6 Å². The van der Waals surface area contributed by atoms with Gasteiger partial charge in [-0.3, -0.25) is 0 Å². The summed E-state index contributed by atoms with van der Waals surface area (Å²) in [4.78, 5) is 10.2. The van der Waals surface area contributed by atoms with E-state index in [-0.39, 0.29) is 0 Å². The second-order valence-electron chi connectivity index (χ2n) is 6.16. The predicted octanol–water partition coefficient (Wildman–Crippen LogP) is 3.34. The Kier molecular flexibility index (Phi) is 10.2. The van der Waals surface area contributed by atoms with Gasteiger partial charge in [-0.2, -0.15) is 0 Å². The van der Waals surface area contributed by atoms with E-state index in [9.17, 15) is 0 Å². The number of aliphatic imine (C=N–C) groups is 1. The molecule has 1 aromatic heterocycles. The van der Waals surface area contributed by atoms with E-state index < -0.39 is 0 Å². The lowest BCUT2D eigenvalue weighted by Gasteiger charge is -2.15. The lowest BCUT2D eigenvalue weighted by atomic mass is 10.3. The molecule has 28 heavy (non-hydrogen) atoms. The fourth-order valence-corrected chi connectivity index (χ4v) is 3.29. The fourth-order valence-electron chi connectivity index (χ4n) is 2.34. The summed E-state index contributed by atoms with van der Waals surface area (Å²) >= 11 is 1.85. The van der Waals surface area contributed by atoms with Gasteiger partial charge >= 0.3 is 0 Å². The van der Waals surface area contributed by atoms with Crippen LogP contribution in [0.3, 0.4) is 0 Å². The third-order valence-electron chi connectivity index (χ3n) is 3.74. The van der Waals surface area contributed by atoms with Gasteiger partial charge in [-0.05, 0) is 24.6 Å². The molecule has 0 amide bonds. The van der Waals surface area contributed by atoms with Gasteiger partial charge in [0.1, 0.15) is 6.61 Å². The number of thioether (sulfide) groups is 1. The van der Waals surface area contributed by atoms with Crippen LogP contribution in [-0.2, 0) is 11.3 Å². The van der Waals surface area contributed by atoms with E-state index in [1.165, 1.54) is 4.90 Å². The van der Waals surface area contributed by atoms with Crippen LogP contribution in [0.1, 0.15) is 19.4 Å². The standard InChI is InChI=1S/C21H30N4O2S/c1-4-22-21(24-14-17(2)28-19-8-6-5-7-9-19)25-16-18-10-11-20(23-15-18)27-13-12-26-3/h5-11,15,17H,4,12-14,16H2,1-3H3,(H2,22,24,25). The molecule has 0 aliphatic carbocycles. The van der Waals surface area contributed by atoms with Crippen molar-refractivity contribution in [3.05, 3.63) is 54.2 Å². The molecule has 0 aliphatic rings. The first kappa shape index (κ1) is 22.0. The van der Waals surface area contributed by atoms with Crippen molar-refractivity contribution in [1.82, 2.24) is 15.6 Å². The first-order chi connectivity index (χ1) is 13.7. The number of hydrogen-bond acceptors (Lipinski definition) is 5. The number of nitrogens with one attached hydrogen (secondary N) is 2. The molecule has 2 aromatic rings. The van der Waals surface area contributed by atoms with E-state index in [1.54, 1.807) is 13.3 Å². The number of pyridine rings is 1. The molecule has 152 valence electrons. The molecule has 1 atom stereocenters. The number of rotatable bonds is 11. The van der Waals surface area contributed by atoms with Crippen LogP contribution >= 0.6 is 11.8 Å². The van der Waals surface area contributed by atoms with Crippen molar-refractivity contribution >= 4 is 17.7 Å². The Morgan fingerprint density at radius 2 is 1.96 bits per heavy atom. The van der Waals surface area contributed by atoms with Gasteiger partial charge in [0.2, 0.25) is 5.88 Å². The zero-order chi connectivity index (χ0) is 20.0. The quantitative estimate of drug-likeness (QED) is 0.260. The molecule has 0 spiro atoms. The molecule has 2 rings (SSSR count). The Morgan fingerprint density at radius 3 is 2.64 bits per heavy atom. The predicted molar refractivity (Wildman–Crippen MR) is 116 cm³/mol. The monoisotopic (exact) mass is 402 g/mol. The molecule has 6 nitrogen and oxygen atoms in total. The number of methoxy groups -OCH3 is 1. The van der Waals surface area contributed by atoms with Gasteiger partial charge in [-0.15, -0.1) is 11.8 Å². The zero-order valence-corrected chi connectivity index (χ0v) is 17.7. The Balaban J connectivity index is 1.82. The maximum atomic E-state index is 5.48. The van der Waals surface area contributed by atoms with Crippen LogP contribution in [0.2, 0.25) is 0 Å². The molecule has 0 saturated carbocycles. The number of ether oxygens (including phenoxy) is 2. The Morgan fingerprint density at radius 1 is 1.14 bits per heavy atom. The van der Waals surface area contributed by atoms with Crippen LogP contribution in [0.25, 0.3) is 0 Å². The third kappa shape index (κ3) is 8.63. The summed E-state index contributed by atoms with van der Waals surface area (Å²) in [5, 5.41) is 7.13. The molecule has 0 fully saturated rings. The van der Waals surface area contributed by atoms with Crippen LogP contribution < -0.4 is 15.4 Å². The minimum Gasteiger partial charge on any atom is -0.475 e. The summed E-state index contributed by atoms with van der Waals surface area (Å²) in [6, 6.07) is 14.3. The van der Waals surface area contributed by atoms with Crippen molar-refractivity contribution < 1.29 is 9.47 Å². The van der Waals surface area contributed by atoms with E-state index in [0.29, 0.717) is 30.9 Å². The smallest absolute Gasteiger partial charge is 0.213 e. The van der Waals surface area contributed by atoms with Crippen molar-refractivity contribution in [2.75, 3.05) is 33.4 Å². The van der Waals surface area contributed by atoms with E-state index in [1.807, 2.05) is 30.0 Å². The molecule has 7 heteroatoms. The van der Waals surface area contributed by atoms with Crippen molar-refractivity contribution in [3.8, 4) is 5.88 Å².